The van der Waals surface area contributed by atoms with Gasteiger partial charge in [0.2, 0.25) is 0 Å². The van der Waals surface area contributed by atoms with Crippen molar-refractivity contribution in [1.82, 2.24) is 23.5 Å². The Morgan fingerprint density at radius 1 is 0.258 bits per heavy atom. The van der Waals surface area contributed by atoms with Gasteiger partial charge in [-0.25, -0.2) is 13.3 Å². The molecule has 0 saturated heterocycles. The second-order valence-corrected chi connectivity index (χ2v) is 36.9. The van der Waals surface area contributed by atoms with E-state index in [1.807, 2.05) is 0 Å². The van der Waals surface area contributed by atoms with Crippen LogP contribution in [0.1, 0.15) is 80.8 Å². The van der Waals surface area contributed by atoms with E-state index in [1.165, 1.54) is 53.3 Å². The molecule has 0 amide bonds. The Morgan fingerprint density at radius 3 is 0.742 bits per heavy atom. The summed E-state index contributed by atoms with van der Waals surface area (Å²) in [5.41, 5.74) is 2.48. The quantitative estimate of drug-likeness (QED) is 0.0524. The number of hydrogen-bond acceptors (Lipinski definition) is 6. The standard InChI is InChI=1S/C29H32N2P2.C27H28N2P2.C25H32N2P2/c1-24(2)31(32(27-18-10-5-11-19-27)28-20-12-6-13-21-28)33(29-22-14-7-15-23-29)30-25(3)26-16-8-4-9-17-26;1-23(2)29(30(25-17-9-4-10-18-25)26-19-11-5-12-20-26)31(27-21-13-6-14-22-27)28-24-15-7-3-8-16-24;1-21(2)27(29(26-25(3,4)5)24-19-13-8-14-20-24)28(22-15-9-6-10-16-22)23-17-11-7-12-18-23/h4-25,30H,1-3H3;3-23,28H,1-2H3;6-21,26H,1-5H3. The molecular weight excluding hydrogens is 1240 g/mol. The summed E-state index contributed by atoms with van der Waals surface area (Å²) in [5.74, 6) is 0. The van der Waals surface area contributed by atoms with Crippen LogP contribution in [-0.2, 0) is 0 Å². The summed E-state index contributed by atoms with van der Waals surface area (Å²) in [6.07, 6.45) is 0. The van der Waals surface area contributed by atoms with Crippen LogP contribution in [0.2, 0.25) is 0 Å². The SMILES string of the molecule is CC(C)N(P(NC(C)(C)C)c1ccccc1)P(c1ccccc1)c1ccccc1.CC(C)N(P(Nc1ccccc1)c1ccccc1)P(c1ccccc1)c1ccccc1.CC(NP(c1ccccc1)N(C(C)C)P(c1ccccc1)c1ccccc1)c1ccccc1. The van der Waals surface area contributed by atoms with Gasteiger partial charge in [-0.1, -0.05) is 322 Å². The van der Waals surface area contributed by atoms with Crippen LogP contribution in [0.15, 0.2) is 334 Å². The molecule has 0 aliphatic heterocycles. The van der Waals surface area contributed by atoms with Crippen LogP contribution in [-0.4, -0.2) is 37.0 Å². The van der Waals surface area contributed by atoms with Gasteiger partial charge in [-0.05, 0) is 119 Å². The number of nitrogens with zero attached hydrogens (tertiary/aromatic N) is 3. The monoisotopic (exact) mass is 1330 g/mol. The Labute approximate surface area is 565 Å². The third kappa shape index (κ3) is 20.6. The third-order valence-electron chi connectivity index (χ3n) is 14.7. The Bertz CT molecular complexity index is 3680. The molecule has 0 bridgehead atoms. The molecule has 0 saturated carbocycles. The fourth-order valence-corrected chi connectivity index (χ4v) is 28.1. The highest BCUT2D eigenvalue weighted by Crippen LogP contribution is 2.58. The van der Waals surface area contributed by atoms with Gasteiger partial charge < -0.3 is 5.09 Å². The second kappa shape index (κ2) is 36.5. The molecule has 0 aliphatic carbocycles. The van der Waals surface area contributed by atoms with E-state index in [9.17, 15) is 0 Å². The lowest BCUT2D eigenvalue weighted by molar-refractivity contribution is 0.502. The van der Waals surface area contributed by atoms with Gasteiger partial charge in [0.05, 0.1) is 16.4 Å². The highest BCUT2D eigenvalue weighted by molar-refractivity contribution is 7.83. The maximum absolute atomic E-state index is 4.06. The number of rotatable bonds is 24. The van der Waals surface area contributed by atoms with Crippen LogP contribution in [0.5, 0.6) is 0 Å². The largest absolute Gasteiger partial charge is 0.348 e. The number of hydrogen-bond donors (Lipinski definition) is 3. The van der Waals surface area contributed by atoms with Gasteiger partial charge in [-0.15, -0.1) is 0 Å². The first-order valence-corrected chi connectivity index (χ1v) is 40.1. The van der Waals surface area contributed by atoms with Crippen molar-refractivity contribution < 1.29 is 0 Å². The molecule has 6 nitrogen and oxygen atoms in total. The molecule has 11 aromatic carbocycles. The van der Waals surface area contributed by atoms with Crippen LogP contribution >= 0.6 is 48.9 Å². The van der Waals surface area contributed by atoms with Gasteiger partial charge in [0.15, 0.2) is 0 Å². The molecule has 11 rings (SSSR count). The van der Waals surface area contributed by atoms with Gasteiger partial charge in [-0.3, -0.25) is 10.2 Å². The normalized spacial score (nSPS) is 13.0. The van der Waals surface area contributed by atoms with Crippen LogP contribution in [0.4, 0.5) is 5.69 Å². The fourth-order valence-electron chi connectivity index (χ4n) is 10.6. The third-order valence-corrected chi connectivity index (χ3v) is 32.2. The van der Waals surface area contributed by atoms with E-state index in [2.05, 4.69) is 431 Å². The first-order chi connectivity index (χ1) is 45.3. The minimum Gasteiger partial charge on any atom is -0.348 e. The average molecular weight is 1340 g/mol. The number of benzene rings is 11. The lowest BCUT2D eigenvalue weighted by atomic mass is 10.1. The van der Waals surface area contributed by atoms with E-state index in [-0.39, 0.29) is 11.6 Å². The van der Waals surface area contributed by atoms with E-state index in [0.717, 1.165) is 5.69 Å². The van der Waals surface area contributed by atoms with Crippen molar-refractivity contribution in [2.45, 2.75) is 98.9 Å². The number of anilines is 1. The van der Waals surface area contributed by atoms with E-state index in [0.29, 0.717) is 18.1 Å². The Hall–Kier alpha value is -6.40. The summed E-state index contributed by atoms with van der Waals surface area (Å²) in [6, 6.07) is 121. The summed E-state index contributed by atoms with van der Waals surface area (Å²) >= 11 is 0. The molecule has 0 aliphatic rings. The zero-order chi connectivity index (χ0) is 65.4. The fraction of sp³-hybridized carbons (Fsp3) is 0.185. The summed E-state index contributed by atoms with van der Waals surface area (Å²) in [6.45, 7) is 23.0. The van der Waals surface area contributed by atoms with Crippen molar-refractivity contribution in [3.63, 3.8) is 0 Å². The van der Waals surface area contributed by atoms with Crippen LogP contribution in [0, 0.1) is 0 Å². The molecule has 93 heavy (non-hydrogen) atoms. The maximum Gasteiger partial charge on any atom is 0.102 e. The summed E-state index contributed by atoms with van der Waals surface area (Å²) in [7, 11) is -4.43. The van der Waals surface area contributed by atoms with Gasteiger partial charge >= 0.3 is 0 Å². The number of nitrogens with one attached hydrogen (secondary N) is 3. The number of para-hydroxylation sites is 1. The van der Waals surface area contributed by atoms with E-state index in [4.69, 9.17) is 0 Å². The van der Waals surface area contributed by atoms with Crippen molar-refractivity contribution in [3.05, 3.63) is 339 Å². The minimum atomic E-state index is -0.809. The molecular formula is C81H92N6P6. The molecule has 0 aromatic heterocycles. The molecule has 0 radical (unpaired) electrons. The van der Waals surface area contributed by atoms with Crippen LogP contribution in [0.25, 0.3) is 0 Å². The maximum atomic E-state index is 4.06. The van der Waals surface area contributed by atoms with Gasteiger partial charge in [0, 0.05) is 75.5 Å². The molecule has 11 aromatic rings. The Balaban J connectivity index is 0.000000165. The molecule has 0 fully saturated rings. The van der Waals surface area contributed by atoms with E-state index in [1.54, 1.807) is 0 Å². The average Bonchev–Trinajstić information content (AvgIpc) is 0.822. The van der Waals surface area contributed by atoms with E-state index < -0.39 is 48.9 Å². The molecule has 476 valence electrons. The van der Waals surface area contributed by atoms with Gasteiger partial charge in [0.25, 0.3) is 0 Å². The molecule has 0 spiro atoms. The summed E-state index contributed by atoms with van der Waals surface area (Å²) in [4.78, 5) is 0. The smallest absolute Gasteiger partial charge is 0.102 e. The predicted octanol–water partition coefficient (Wildman–Crippen LogP) is 19.0. The second-order valence-electron chi connectivity index (χ2n) is 24.2. The minimum absolute atomic E-state index is 0.0169. The van der Waals surface area contributed by atoms with Crippen molar-refractivity contribution in [2.75, 3.05) is 5.09 Å². The van der Waals surface area contributed by atoms with Crippen molar-refractivity contribution in [2.24, 2.45) is 0 Å². The van der Waals surface area contributed by atoms with Gasteiger partial charge in [-0.2, -0.15) is 0 Å². The lowest BCUT2D eigenvalue weighted by Gasteiger charge is -2.44. The van der Waals surface area contributed by atoms with Crippen LogP contribution < -0.4 is 63.0 Å². The van der Waals surface area contributed by atoms with E-state index >= 15 is 0 Å². The summed E-state index contributed by atoms with van der Waals surface area (Å²) < 4.78 is 8.18. The zero-order valence-corrected chi connectivity index (χ0v) is 61.0. The molecule has 4 atom stereocenters. The van der Waals surface area contributed by atoms with Crippen molar-refractivity contribution in [3.8, 4) is 0 Å². The molecule has 3 N–H and O–H groups in total. The molecule has 12 heteroatoms. The highest BCUT2D eigenvalue weighted by Gasteiger charge is 2.37. The predicted molar refractivity (Wildman–Crippen MR) is 418 cm³/mol. The Morgan fingerprint density at radius 2 is 0.473 bits per heavy atom. The first kappa shape index (κ1) is 70.9. The first-order valence-electron chi connectivity index (χ1n) is 32.3. The van der Waals surface area contributed by atoms with Crippen molar-refractivity contribution >= 4 is 102 Å². The molecule has 0 heterocycles. The zero-order valence-electron chi connectivity index (χ0n) is 55.6. The lowest BCUT2D eigenvalue weighted by Crippen LogP contribution is -2.42. The molecule has 4 unspecified atom stereocenters. The van der Waals surface area contributed by atoms with Gasteiger partial charge in [0.1, 0.15) is 8.22 Å². The summed E-state index contributed by atoms with van der Waals surface area (Å²) in [5, 5.41) is 24.3. The topological polar surface area (TPSA) is 45.8 Å². The van der Waals surface area contributed by atoms with Crippen LogP contribution in [0.3, 0.4) is 0 Å². The van der Waals surface area contributed by atoms with Crippen molar-refractivity contribution in [1.29, 1.82) is 0 Å². The highest BCUT2D eigenvalue weighted by atomic mass is 31.2. The Kier molecular flexibility index (Phi) is 27.8.